The number of halogens is 5. The van der Waals surface area contributed by atoms with E-state index in [0.29, 0.717) is 20.7 Å². The summed E-state index contributed by atoms with van der Waals surface area (Å²) < 4.78 is 120. The van der Waals surface area contributed by atoms with Gasteiger partial charge in [0.2, 0.25) is 5.89 Å². The molecule has 2 aromatic carbocycles. The van der Waals surface area contributed by atoms with Gasteiger partial charge in [-0.1, -0.05) is 6.07 Å². The number of alkyl halides is 2. The molecule has 1 aliphatic rings. The number of benzene rings is 2. The first-order chi connectivity index (χ1) is 16.9. The highest BCUT2D eigenvalue weighted by Gasteiger charge is 2.32. The Hall–Kier alpha value is -3.79. The summed E-state index contributed by atoms with van der Waals surface area (Å²) in [5.74, 6) is -4.56. The largest absolute Gasteiger partial charge is 0.415 e. The quantitative estimate of drug-likeness (QED) is 0.430. The van der Waals surface area contributed by atoms with Crippen molar-refractivity contribution in [1.82, 2.24) is 14.5 Å². The fraction of sp³-hybridized carbons (Fsp3) is 0.100. The van der Waals surface area contributed by atoms with E-state index in [9.17, 15) is 34.6 Å². The first-order valence-corrected chi connectivity index (χ1v) is 12.8. The Labute approximate surface area is 201 Å². The van der Waals surface area contributed by atoms with Crippen molar-refractivity contribution in [2.75, 3.05) is 4.31 Å². The highest BCUT2D eigenvalue weighted by Crippen LogP contribution is 2.30. The topological polar surface area (TPSA) is 120 Å². The van der Waals surface area contributed by atoms with E-state index in [1.165, 1.54) is 6.07 Å². The second-order valence-corrected chi connectivity index (χ2v) is 10.8. The van der Waals surface area contributed by atoms with Gasteiger partial charge in [-0.05, 0) is 24.3 Å². The molecule has 1 N–H and O–H groups in total. The van der Waals surface area contributed by atoms with Gasteiger partial charge in [-0.3, -0.25) is 0 Å². The number of anilines is 1. The van der Waals surface area contributed by atoms with Crippen LogP contribution in [0, 0.1) is 22.2 Å². The summed E-state index contributed by atoms with van der Waals surface area (Å²) in [4.78, 5) is 0. The van der Waals surface area contributed by atoms with Crippen LogP contribution in [0.3, 0.4) is 0 Å². The molecular weight excluding hydrogens is 533 g/mol. The number of hydrogen-bond donors (Lipinski definition) is 1. The second kappa shape index (κ2) is 9.34. The van der Waals surface area contributed by atoms with Gasteiger partial charge in [0.05, 0.1) is 22.0 Å². The van der Waals surface area contributed by atoms with Gasteiger partial charge in [0.25, 0.3) is 5.89 Å². The zero-order chi connectivity index (χ0) is 26.3. The number of rotatable bonds is 7. The van der Waals surface area contributed by atoms with Gasteiger partial charge in [-0.25, -0.2) is 30.8 Å². The van der Waals surface area contributed by atoms with Crippen LogP contribution < -0.4 is 4.31 Å². The maximum Gasteiger partial charge on any atom is 0.330 e. The molecule has 0 bridgehead atoms. The third kappa shape index (κ3) is 5.08. The molecule has 16 heteroatoms. The van der Waals surface area contributed by atoms with Crippen molar-refractivity contribution in [2.45, 2.75) is 13.0 Å². The van der Waals surface area contributed by atoms with E-state index in [4.69, 9.17) is 9.20 Å². The number of nitrogens with zero attached hydrogens (tertiary/aromatic N) is 4. The Kier molecular flexibility index (Phi) is 6.57. The zero-order valence-electron chi connectivity index (χ0n) is 17.7. The van der Waals surface area contributed by atoms with Crippen molar-refractivity contribution >= 4 is 25.6 Å². The van der Waals surface area contributed by atoms with Gasteiger partial charge in [0.15, 0.2) is 0 Å². The SMILES string of the molecule is N=S1(=O)C=CN(S(=O)(=O)N(Cc2ccc(-c3nnc(C(F)F)o3)cc2F)c2cc(F)ccc2F)C=C1. The molecule has 1 aliphatic heterocycles. The Balaban J connectivity index is 1.74. The van der Waals surface area contributed by atoms with Crippen molar-refractivity contribution < 1.29 is 39.0 Å². The van der Waals surface area contributed by atoms with E-state index in [1.54, 1.807) is 0 Å². The van der Waals surface area contributed by atoms with Gasteiger partial charge in [-0.2, -0.15) is 17.2 Å². The number of hydrogen-bond acceptors (Lipinski definition) is 7. The molecule has 0 saturated carbocycles. The first-order valence-electron chi connectivity index (χ1n) is 9.69. The molecule has 0 unspecified atom stereocenters. The smallest absolute Gasteiger partial charge is 0.330 e. The van der Waals surface area contributed by atoms with Crippen molar-refractivity contribution in [1.29, 1.82) is 4.78 Å². The molecule has 2 heterocycles. The van der Waals surface area contributed by atoms with E-state index in [2.05, 4.69) is 10.2 Å². The van der Waals surface area contributed by atoms with Crippen molar-refractivity contribution in [2.24, 2.45) is 0 Å². The molecular formula is C20H14F5N5O4S2. The summed E-state index contributed by atoms with van der Waals surface area (Å²) in [5, 5.41) is 8.12. The summed E-state index contributed by atoms with van der Waals surface area (Å²) in [6.45, 7) is -0.838. The number of nitrogens with one attached hydrogen (secondary N) is 1. The maximum atomic E-state index is 15.0. The minimum atomic E-state index is -4.76. The van der Waals surface area contributed by atoms with Gasteiger partial charge in [0, 0.05) is 40.4 Å². The van der Waals surface area contributed by atoms with E-state index < -0.39 is 67.8 Å². The van der Waals surface area contributed by atoms with E-state index in [1.807, 2.05) is 0 Å². The van der Waals surface area contributed by atoms with Crippen LogP contribution >= 0.6 is 0 Å². The van der Waals surface area contributed by atoms with Crippen molar-refractivity contribution in [3.05, 3.63) is 88.5 Å². The molecule has 0 atom stereocenters. The van der Waals surface area contributed by atoms with Gasteiger partial charge in [0.1, 0.15) is 17.5 Å². The number of aromatic nitrogens is 2. The predicted molar refractivity (Wildman–Crippen MR) is 117 cm³/mol. The van der Waals surface area contributed by atoms with E-state index in [0.717, 1.165) is 41.4 Å². The second-order valence-electron chi connectivity index (χ2n) is 7.21. The highest BCUT2D eigenvalue weighted by atomic mass is 32.2. The average molecular weight is 547 g/mol. The zero-order valence-corrected chi connectivity index (χ0v) is 19.3. The highest BCUT2D eigenvalue weighted by molar-refractivity contribution is 7.98. The minimum absolute atomic E-state index is 0.0888. The Morgan fingerprint density at radius 3 is 2.33 bits per heavy atom. The van der Waals surface area contributed by atoms with Gasteiger partial charge >= 0.3 is 16.6 Å². The molecule has 0 saturated heterocycles. The fourth-order valence-electron chi connectivity index (χ4n) is 3.03. The third-order valence-corrected chi connectivity index (χ3v) is 7.49. The van der Waals surface area contributed by atoms with Gasteiger partial charge in [-0.15, -0.1) is 10.2 Å². The Morgan fingerprint density at radius 1 is 1.03 bits per heavy atom. The normalized spacial score (nSPS) is 15.0. The summed E-state index contributed by atoms with van der Waals surface area (Å²) >= 11 is 0. The molecule has 0 radical (unpaired) electrons. The minimum Gasteiger partial charge on any atom is -0.415 e. The Bertz CT molecular complexity index is 1570. The Morgan fingerprint density at radius 2 is 1.72 bits per heavy atom. The monoisotopic (exact) mass is 547 g/mol. The van der Waals surface area contributed by atoms with Gasteiger partial charge < -0.3 is 4.42 Å². The molecule has 36 heavy (non-hydrogen) atoms. The van der Waals surface area contributed by atoms with Crippen LogP contribution in [0.15, 0.2) is 64.0 Å². The summed E-state index contributed by atoms with van der Waals surface area (Å²) in [6, 6.07) is 5.11. The van der Waals surface area contributed by atoms with Crippen LogP contribution in [-0.4, -0.2) is 27.1 Å². The standard InChI is InChI=1S/C20H14F5N5O4S2/c21-14-3-4-15(22)17(10-14)30(36(32,33)29-5-7-35(26,31)8-6-29)11-13-2-1-12(9-16(13)23)19-27-28-20(34-19)18(24)25/h1-10,18,26H,11H2. The van der Waals surface area contributed by atoms with Crippen molar-refractivity contribution in [3.8, 4) is 11.5 Å². The predicted octanol–water partition coefficient (Wildman–Crippen LogP) is 4.65. The lowest BCUT2D eigenvalue weighted by Gasteiger charge is -2.30. The molecule has 0 fully saturated rings. The van der Waals surface area contributed by atoms with Crippen LogP contribution in [0.4, 0.5) is 27.6 Å². The molecule has 1 aromatic heterocycles. The molecule has 4 rings (SSSR count). The lowest BCUT2D eigenvalue weighted by molar-refractivity contribution is 0.116. The van der Waals surface area contributed by atoms with Crippen LogP contribution in [-0.2, 0) is 26.5 Å². The summed E-state index contributed by atoms with van der Waals surface area (Å²) in [7, 11) is -8.09. The maximum absolute atomic E-state index is 15.0. The summed E-state index contributed by atoms with van der Waals surface area (Å²) in [5.41, 5.74) is -1.15. The van der Waals surface area contributed by atoms with Crippen LogP contribution in [0.5, 0.6) is 0 Å². The molecule has 0 spiro atoms. The molecule has 3 aromatic rings. The average Bonchev–Trinajstić information content (AvgIpc) is 3.30. The van der Waals surface area contributed by atoms with E-state index in [-0.39, 0.29) is 11.1 Å². The van der Waals surface area contributed by atoms with Crippen molar-refractivity contribution in [3.63, 3.8) is 0 Å². The third-order valence-electron chi connectivity index (χ3n) is 4.78. The fourth-order valence-corrected chi connectivity index (χ4v) is 5.25. The molecule has 190 valence electrons. The van der Waals surface area contributed by atoms with Crippen LogP contribution in [0.1, 0.15) is 17.9 Å². The first kappa shape index (κ1) is 25.3. The molecule has 0 aliphatic carbocycles. The summed E-state index contributed by atoms with van der Waals surface area (Å²) in [6.07, 6.45) is -1.45. The molecule has 0 amide bonds. The van der Waals surface area contributed by atoms with Crippen LogP contribution in [0.25, 0.3) is 11.5 Å². The molecule has 9 nitrogen and oxygen atoms in total. The lowest BCUT2D eigenvalue weighted by Crippen LogP contribution is -2.40. The van der Waals surface area contributed by atoms with Crippen LogP contribution in [0.2, 0.25) is 0 Å². The lowest BCUT2D eigenvalue weighted by atomic mass is 10.1. The van der Waals surface area contributed by atoms with E-state index >= 15 is 0 Å².